The number of aliphatic hydroxyl groups excluding tert-OH is 1. The van der Waals surface area contributed by atoms with Crippen LogP contribution in [0.1, 0.15) is 46.2 Å². The number of carbonyl (C=O) groups excluding carboxylic acids is 1. The SMILES string of the molecule is C=IC(F)(F)CCCc1nc(-c2ccc(Cl)cc2)cc(=O)n1Cc1cccc(C(=O)NC(CO)c2ccccc2)c1. The quantitative estimate of drug-likeness (QED) is 0.133. The lowest BCUT2D eigenvalue weighted by molar-refractivity contribution is 0.0916. The third-order valence-corrected chi connectivity index (χ3v) is 8.41. The van der Waals surface area contributed by atoms with E-state index in [0.29, 0.717) is 33.2 Å². The molecule has 1 heterocycles. The largest absolute Gasteiger partial charge is 0.394 e. The average molecular weight is 692 g/mol. The fourth-order valence-electron chi connectivity index (χ4n) is 4.35. The zero-order valence-electron chi connectivity index (χ0n) is 22.1. The molecule has 2 N–H and O–H groups in total. The minimum atomic E-state index is -2.79. The smallest absolute Gasteiger partial charge is 0.291 e. The summed E-state index contributed by atoms with van der Waals surface area (Å²) < 4.78 is 30.0. The van der Waals surface area contributed by atoms with Gasteiger partial charge in [-0.1, -0.05) is 91.4 Å². The van der Waals surface area contributed by atoms with Gasteiger partial charge in [-0.05, 0) is 41.8 Å². The predicted molar refractivity (Wildman–Crippen MR) is 167 cm³/mol. The molecular formula is C31H29ClF2IN3O3. The summed E-state index contributed by atoms with van der Waals surface area (Å²) in [6, 6.07) is 23.7. The minimum Gasteiger partial charge on any atom is -0.394 e. The topological polar surface area (TPSA) is 84.2 Å². The van der Waals surface area contributed by atoms with Gasteiger partial charge in [-0.3, -0.25) is 14.2 Å². The molecule has 0 aliphatic heterocycles. The molecule has 0 aliphatic carbocycles. The highest BCUT2D eigenvalue weighted by molar-refractivity contribution is 14.2. The third-order valence-electron chi connectivity index (χ3n) is 6.50. The molecule has 0 spiro atoms. The van der Waals surface area contributed by atoms with Crippen LogP contribution in [0.25, 0.3) is 11.3 Å². The molecule has 0 saturated heterocycles. The van der Waals surface area contributed by atoms with Crippen molar-refractivity contribution in [3.8, 4) is 11.3 Å². The standard InChI is InChI=1S/C31H29ClF2IN3O3/c1-35-31(33,34)16-6-11-28-36-26(23-12-14-25(32)15-13-23)18-29(40)38(28)19-21-7-5-10-24(17-21)30(41)37-27(20-39)22-8-3-2-4-9-22/h2-5,7-10,12-15,17-18,27,39H,1,6,11,16,19-20H2,(H,37,41). The highest BCUT2D eigenvalue weighted by Gasteiger charge is 2.24. The lowest BCUT2D eigenvalue weighted by Crippen LogP contribution is -2.31. The summed E-state index contributed by atoms with van der Waals surface area (Å²) >= 11 is 4.51. The van der Waals surface area contributed by atoms with Crippen molar-refractivity contribution in [2.24, 2.45) is 0 Å². The first-order chi connectivity index (χ1) is 19.7. The van der Waals surface area contributed by atoms with E-state index in [-0.39, 0.29) is 43.9 Å². The van der Waals surface area contributed by atoms with Gasteiger partial charge in [0.05, 0.1) is 24.9 Å². The molecular weight excluding hydrogens is 663 g/mol. The molecule has 6 nitrogen and oxygen atoms in total. The van der Waals surface area contributed by atoms with Crippen molar-refractivity contribution in [3.63, 3.8) is 0 Å². The number of carbonyl (C=O) groups is 1. The number of amides is 1. The van der Waals surface area contributed by atoms with Crippen LogP contribution in [0, 0.1) is 0 Å². The van der Waals surface area contributed by atoms with Gasteiger partial charge in [-0.25, -0.2) is 4.98 Å². The highest BCUT2D eigenvalue weighted by atomic mass is 127. The maximum atomic E-state index is 13.9. The van der Waals surface area contributed by atoms with E-state index in [1.165, 1.54) is 10.6 Å². The number of benzene rings is 3. The number of aliphatic hydroxyl groups is 1. The number of aromatic nitrogens is 2. The Morgan fingerprint density at radius 3 is 2.49 bits per heavy atom. The van der Waals surface area contributed by atoms with E-state index in [0.717, 1.165) is 5.56 Å². The van der Waals surface area contributed by atoms with Gasteiger partial charge < -0.3 is 10.4 Å². The summed E-state index contributed by atoms with van der Waals surface area (Å²) in [5.41, 5.74) is 2.57. The van der Waals surface area contributed by atoms with Crippen molar-refractivity contribution in [3.05, 3.63) is 123 Å². The number of hydrogen-bond donors (Lipinski definition) is 2. The van der Waals surface area contributed by atoms with Crippen LogP contribution in [-0.2, 0) is 13.0 Å². The lowest BCUT2D eigenvalue weighted by Gasteiger charge is -2.18. The number of alkyl halides is 3. The van der Waals surface area contributed by atoms with Crippen LogP contribution in [0.15, 0.2) is 89.7 Å². The van der Waals surface area contributed by atoms with E-state index in [9.17, 15) is 23.5 Å². The summed E-state index contributed by atoms with van der Waals surface area (Å²) in [6.45, 7) is -0.168. The van der Waals surface area contributed by atoms with Crippen LogP contribution >= 0.6 is 32.3 Å². The Kier molecular flexibility index (Phi) is 10.5. The molecule has 0 fully saturated rings. The van der Waals surface area contributed by atoms with E-state index in [1.54, 1.807) is 48.5 Å². The van der Waals surface area contributed by atoms with Gasteiger partial charge in [0.25, 0.3) is 15.4 Å². The van der Waals surface area contributed by atoms with Crippen molar-refractivity contribution >= 4 is 42.8 Å². The fourth-order valence-corrected chi connectivity index (χ4v) is 5.24. The average Bonchev–Trinajstić information content (AvgIpc) is 2.98. The Hall–Kier alpha value is -3.28. The van der Waals surface area contributed by atoms with Gasteiger partial charge in [0.15, 0.2) is 0 Å². The predicted octanol–water partition coefficient (Wildman–Crippen LogP) is 6.39. The molecule has 0 bridgehead atoms. The van der Waals surface area contributed by atoms with Crippen LogP contribution in [0.2, 0.25) is 5.02 Å². The van der Waals surface area contributed by atoms with E-state index in [4.69, 9.17) is 11.6 Å². The molecule has 10 heteroatoms. The normalized spacial score (nSPS) is 12.2. The minimum absolute atomic E-state index is 0.101. The molecule has 1 unspecified atom stereocenters. The molecule has 3 aromatic carbocycles. The Morgan fingerprint density at radius 1 is 1.07 bits per heavy atom. The molecule has 1 amide bonds. The van der Waals surface area contributed by atoms with Gasteiger partial charge in [-0.2, -0.15) is 8.78 Å². The molecule has 0 saturated carbocycles. The lowest BCUT2D eigenvalue weighted by atomic mass is 10.1. The van der Waals surface area contributed by atoms with E-state index in [2.05, 4.69) is 14.8 Å². The molecule has 41 heavy (non-hydrogen) atoms. The van der Waals surface area contributed by atoms with Crippen LogP contribution in [0.3, 0.4) is 0 Å². The van der Waals surface area contributed by atoms with Crippen LogP contribution in [0.5, 0.6) is 0 Å². The molecule has 4 rings (SSSR count). The van der Waals surface area contributed by atoms with Crippen molar-refractivity contribution < 1.29 is 18.7 Å². The maximum Gasteiger partial charge on any atom is 0.291 e. The summed E-state index contributed by atoms with van der Waals surface area (Å²) in [6.07, 6.45) is -0.0113. The van der Waals surface area contributed by atoms with Crippen LogP contribution in [0.4, 0.5) is 8.78 Å². The van der Waals surface area contributed by atoms with Gasteiger partial charge in [0, 0.05) is 35.1 Å². The molecule has 0 aliphatic rings. The van der Waals surface area contributed by atoms with Gasteiger partial charge in [0.2, 0.25) is 0 Å². The van der Waals surface area contributed by atoms with Crippen molar-refractivity contribution in [2.75, 3.05) is 6.61 Å². The van der Waals surface area contributed by atoms with Gasteiger partial charge in [-0.15, -0.1) is 0 Å². The Morgan fingerprint density at radius 2 is 1.80 bits per heavy atom. The molecule has 0 radical (unpaired) electrons. The number of nitrogens with zero attached hydrogens (tertiary/aromatic N) is 2. The molecule has 4 aromatic rings. The summed E-state index contributed by atoms with van der Waals surface area (Å²) in [5.74, 6) is -0.00275. The number of nitrogens with one attached hydrogen (secondary N) is 1. The Balaban J connectivity index is 1.61. The second-order valence-electron chi connectivity index (χ2n) is 9.41. The van der Waals surface area contributed by atoms with Crippen LogP contribution < -0.4 is 10.9 Å². The highest BCUT2D eigenvalue weighted by Crippen LogP contribution is 2.32. The summed E-state index contributed by atoms with van der Waals surface area (Å²) in [4.78, 5) is 31.0. The Bertz CT molecular complexity index is 1560. The summed E-state index contributed by atoms with van der Waals surface area (Å²) in [7, 11) is 0. The second-order valence-corrected chi connectivity index (χ2v) is 12.2. The fraction of sp³-hybridized carbons (Fsp3) is 0.226. The number of halogens is 4. The first-order valence-electron chi connectivity index (χ1n) is 12.9. The molecule has 1 atom stereocenters. The monoisotopic (exact) mass is 691 g/mol. The van der Waals surface area contributed by atoms with Crippen molar-refractivity contribution in [2.45, 2.75) is 35.8 Å². The number of rotatable bonds is 12. The summed E-state index contributed by atoms with van der Waals surface area (Å²) in [5, 5.41) is 13.2. The van der Waals surface area contributed by atoms with Gasteiger partial charge >= 0.3 is 0 Å². The first kappa shape index (κ1) is 30.7. The Labute approximate surface area is 251 Å². The molecule has 1 aromatic heterocycles. The zero-order chi connectivity index (χ0) is 29.4. The van der Waals surface area contributed by atoms with E-state index in [1.807, 2.05) is 30.3 Å². The third kappa shape index (κ3) is 8.37. The van der Waals surface area contributed by atoms with E-state index < -0.39 is 30.7 Å². The molecule has 214 valence electrons. The van der Waals surface area contributed by atoms with Crippen molar-refractivity contribution in [1.82, 2.24) is 14.9 Å². The van der Waals surface area contributed by atoms with Crippen LogP contribution in [-0.4, -0.2) is 35.6 Å². The number of hydrogen-bond acceptors (Lipinski definition) is 4. The van der Waals surface area contributed by atoms with Gasteiger partial charge in [0.1, 0.15) is 5.82 Å². The van der Waals surface area contributed by atoms with E-state index >= 15 is 0 Å². The second kappa shape index (κ2) is 14.1. The van der Waals surface area contributed by atoms with Crippen molar-refractivity contribution in [1.29, 1.82) is 0 Å². The number of aryl methyl sites for hydroxylation is 1. The zero-order valence-corrected chi connectivity index (χ0v) is 25.0. The first-order valence-corrected chi connectivity index (χ1v) is 15.9. The maximum absolute atomic E-state index is 13.9.